The fourth-order valence-electron chi connectivity index (χ4n) is 2.15. The molecule has 0 aliphatic carbocycles. The molecule has 1 aliphatic rings. The van der Waals surface area contributed by atoms with Crippen LogP contribution in [0.3, 0.4) is 0 Å². The van der Waals surface area contributed by atoms with Gasteiger partial charge in [0.15, 0.2) is 5.78 Å². The van der Waals surface area contributed by atoms with Crippen LogP contribution in [-0.4, -0.2) is 23.6 Å². The van der Waals surface area contributed by atoms with Gasteiger partial charge in [-0.3, -0.25) is 9.59 Å². The van der Waals surface area contributed by atoms with E-state index in [0.29, 0.717) is 0 Å². The van der Waals surface area contributed by atoms with Crippen LogP contribution in [0.2, 0.25) is 0 Å². The number of likely N-dealkylation sites (tertiary alicyclic amines) is 1. The first-order valence-electron chi connectivity index (χ1n) is 6.41. The minimum atomic E-state index is -0.606. The van der Waals surface area contributed by atoms with Gasteiger partial charge >= 0.3 is 0 Å². The Kier molecular flexibility index (Phi) is 3.31. The van der Waals surface area contributed by atoms with Crippen LogP contribution in [0.1, 0.15) is 26.3 Å². The van der Waals surface area contributed by atoms with Gasteiger partial charge in [-0.05, 0) is 11.6 Å². The van der Waals surface area contributed by atoms with Gasteiger partial charge in [0.25, 0.3) is 0 Å². The third-order valence-electron chi connectivity index (χ3n) is 3.38. The summed E-state index contributed by atoms with van der Waals surface area (Å²) in [6.45, 7) is 5.54. The van der Waals surface area contributed by atoms with Crippen molar-refractivity contribution < 1.29 is 9.59 Å². The molecule has 1 atom stereocenters. The van der Waals surface area contributed by atoms with E-state index in [0.717, 1.165) is 11.3 Å². The van der Waals surface area contributed by atoms with Crippen LogP contribution in [0.5, 0.6) is 0 Å². The zero-order valence-corrected chi connectivity index (χ0v) is 11.8. The van der Waals surface area contributed by atoms with E-state index < -0.39 is 11.3 Å². The molecule has 1 amide bonds. The second kappa shape index (κ2) is 4.65. The van der Waals surface area contributed by atoms with Crippen molar-refractivity contribution in [3.63, 3.8) is 0 Å². The van der Waals surface area contributed by atoms with E-state index in [-0.39, 0.29) is 11.7 Å². The van der Waals surface area contributed by atoms with E-state index in [9.17, 15) is 9.59 Å². The highest BCUT2D eigenvalue weighted by molar-refractivity contribution is 6.12. The van der Waals surface area contributed by atoms with Crippen molar-refractivity contribution >= 4 is 17.8 Å². The molecule has 0 spiro atoms. The lowest BCUT2D eigenvalue weighted by Gasteiger charge is -2.40. The smallest absolute Gasteiger partial charge is 0.243 e. The number of Topliss-reactive ketones (excluding diaryl/α,β-unsaturated/α-hetero) is 1. The monoisotopic (exact) mass is 257 g/mol. The van der Waals surface area contributed by atoms with E-state index in [4.69, 9.17) is 0 Å². The molecule has 1 heterocycles. The fraction of sp³-hybridized carbons (Fsp3) is 0.375. The molecule has 100 valence electrons. The molecule has 0 aromatic heterocycles. The van der Waals surface area contributed by atoms with Gasteiger partial charge in [0, 0.05) is 18.2 Å². The van der Waals surface area contributed by atoms with Crippen molar-refractivity contribution in [3.8, 4) is 0 Å². The quantitative estimate of drug-likeness (QED) is 0.603. The number of β-lactam (4-membered cyclic amide) rings is 1. The van der Waals surface area contributed by atoms with Crippen LogP contribution in [0.25, 0.3) is 6.08 Å². The molecule has 1 unspecified atom stereocenters. The second-order valence-corrected chi connectivity index (χ2v) is 5.92. The number of benzene rings is 1. The molecule has 0 bridgehead atoms. The van der Waals surface area contributed by atoms with Crippen molar-refractivity contribution in [1.29, 1.82) is 0 Å². The lowest BCUT2D eigenvalue weighted by molar-refractivity contribution is -0.148. The number of nitrogens with zero attached hydrogens (tertiary/aromatic N) is 1. The zero-order chi connectivity index (χ0) is 14.2. The Balaban J connectivity index is 2.32. The van der Waals surface area contributed by atoms with Gasteiger partial charge in [0.1, 0.15) is 5.92 Å². The highest BCUT2D eigenvalue weighted by Crippen LogP contribution is 2.36. The second-order valence-electron chi connectivity index (χ2n) is 5.92. The standard InChI is InChI=1S/C16H19NO2/c1-16(2,3)14(18)13-12(17(4)15(13)19)10-11-8-6-5-7-9-11/h5-10,13H,1-4H3/b12-10+. The Hall–Kier alpha value is -1.90. The summed E-state index contributed by atoms with van der Waals surface area (Å²) in [6, 6.07) is 9.74. The van der Waals surface area contributed by atoms with E-state index >= 15 is 0 Å². The summed E-state index contributed by atoms with van der Waals surface area (Å²) in [5.41, 5.74) is 1.29. The predicted octanol–water partition coefficient (Wildman–Crippen LogP) is 2.73. The molecule has 1 aliphatic heterocycles. The van der Waals surface area contributed by atoms with E-state index in [1.807, 2.05) is 57.2 Å². The summed E-state index contributed by atoms with van der Waals surface area (Å²) < 4.78 is 0. The van der Waals surface area contributed by atoms with Crippen molar-refractivity contribution in [3.05, 3.63) is 41.6 Å². The Morgan fingerprint density at radius 2 is 1.79 bits per heavy atom. The maximum atomic E-state index is 12.3. The molecular formula is C16H19NO2. The van der Waals surface area contributed by atoms with E-state index in [1.165, 1.54) is 0 Å². The largest absolute Gasteiger partial charge is 0.317 e. The molecule has 0 radical (unpaired) electrons. The summed E-state index contributed by atoms with van der Waals surface area (Å²) in [6.07, 6.45) is 1.91. The van der Waals surface area contributed by atoms with Gasteiger partial charge in [0.05, 0.1) is 0 Å². The van der Waals surface area contributed by atoms with Gasteiger partial charge in [-0.15, -0.1) is 0 Å². The van der Waals surface area contributed by atoms with Crippen LogP contribution in [0.4, 0.5) is 0 Å². The molecule has 2 rings (SSSR count). The summed E-state index contributed by atoms with van der Waals surface area (Å²) in [4.78, 5) is 25.8. The van der Waals surface area contributed by atoms with Crippen LogP contribution in [-0.2, 0) is 9.59 Å². The fourth-order valence-corrected chi connectivity index (χ4v) is 2.15. The normalized spacial score (nSPS) is 21.5. The van der Waals surface area contributed by atoms with Crippen LogP contribution < -0.4 is 0 Å². The Morgan fingerprint density at radius 1 is 1.21 bits per heavy atom. The zero-order valence-electron chi connectivity index (χ0n) is 11.8. The molecule has 1 aromatic rings. The number of carbonyl (C=O) groups is 2. The molecule has 3 nitrogen and oxygen atoms in total. The molecule has 19 heavy (non-hydrogen) atoms. The molecule has 1 saturated heterocycles. The van der Waals surface area contributed by atoms with Gasteiger partial charge in [-0.25, -0.2) is 0 Å². The average Bonchev–Trinajstić information content (AvgIpc) is 2.37. The Labute approximate surface area is 113 Å². The van der Waals surface area contributed by atoms with Gasteiger partial charge in [-0.1, -0.05) is 51.1 Å². The first-order chi connectivity index (χ1) is 8.82. The molecule has 3 heteroatoms. The number of carbonyl (C=O) groups excluding carboxylic acids is 2. The Morgan fingerprint density at radius 3 is 2.32 bits per heavy atom. The molecule has 1 fully saturated rings. The van der Waals surface area contributed by atoms with Gasteiger partial charge < -0.3 is 4.90 Å². The maximum absolute atomic E-state index is 12.3. The van der Waals surface area contributed by atoms with Crippen molar-refractivity contribution in [2.75, 3.05) is 7.05 Å². The maximum Gasteiger partial charge on any atom is 0.243 e. The SMILES string of the molecule is CN1C(=O)C(C(=O)C(C)(C)C)/C1=C\c1ccccc1. The number of rotatable bonds is 2. The van der Waals surface area contributed by atoms with Crippen molar-refractivity contribution in [2.45, 2.75) is 20.8 Å². The highest BCUT2D eigenvalue weighted by atomic mass is 16.2. The summed E-state index contributed by atoms with van der Waals surface area (Å²) >= 11 is 0. The average molecular weight is 257 g/mol. The lowest BCUT2D eigenvalue weighted by atomic mass is 9.76. The van der Waals surface area contributed by atoms with Crippen molar-refractivity contribution in [2.24, 2.45) is 11.3 Å². The summed E-state index contributed by atoms with van der Waals surface area (Å²) in [5, 5.41) is 0. The third-order valence-corrected chi connectivity index (χ3v) is 3.38. The number of amides is 1. The van der Waals surface area contributed by atoms with Gasteiger partial charge in [0.2, 0.25) is 5.91 Å². The highest BCUT2D eigenvalue weighted by Gasteiger charge is 2.48. The van der Waals surface area contributed by atoms with Crippen molar-refractivity contribution in [1.82, 2.24) is 4.90 Å². The summed E-state index contributed by atoms with van der Waals surface area (Å²) in [7, 11) is 1.71. The molecule has 1 aromatic carbocycles. The first-order valence-corrected chi connectivity index (χ1v) is 6.41. The predicted molar refractivity (Wildman–Crippen MR) is 75.1 cm³/mol. The lowest BCUT2D eigenvalue weighted by Crippen LogP contribution is -2.53. The number of ketones is 1. The number of hydrogen-bond donors (Lipinski definition) is 0. The molecule has 0 saturated carbocycles. The van der Waals surface area contributed by atoms with Crippen LogP contribution >= 0.6 is 0 Å². The van der Waals surface area contributed by atoms with Gasteiger partial charge in [-0.2, -0.15) is 0 Å². The summed E-state index contributed by atoms with van der Waals surface area (Å²) in [5.74, 6) is -0.731. The first kappa shape index (κ1) is 13.5. The minimum Gasteiger partial charge on any atom is -0.317 e. The van der Waals surface area contributed by atoms with E-state index in [1.54, 1.807) is 11.9 Å². The van der Waals surface area contributed by atoms with E-state index in [2.05, 4.69) is 0 Å². The topological polar surface area (TPSA) is 37.4 Å². The van der Waals surface area contributed by atoms with Crippen LogP contribution in [0, 0.1) is 11.3 Å². The molecular weight excluding hydrogens is 238 g/mol. The van der Waals surface area contributed by atoms with Crippen LogP contribution in [0.15, 0.2) is 36.0 Å². The minimum absolute atomic E-state index is 0.0159. The third kappa shape index (κ3) is 2.46. The number of hydrogen-bond acceptors (Lipinski definition) is 2. The Bertz CT molecular complexity index is 538. The molecule has 0 N–H and O–H groups in total.